The van der Waals surface area contributed by atoms with Gasteiger partial charge in [-0.25, -0.2) is 0 Å². The smallest absolute Gasteiger partial charge is 0.247 e. The lowest BCUT2D eigenvalue weighted by molar-refractivity contribution is 0.0398. The first-order valence-electron chi connectivity index (χ1n) is 10.1. The number of morpholine rings is 1. The third-order valence-corrected chi connectivity index (χ3v) is 5.29. The highest BCUT2D eigenvalue weighted by Gasteiger charge is 2.19. The zero-order chi connectivity index (χ0) is 19.0. The van der Waals surface area contributed by atoms with E-state index >= 15 is 0 Å². The molecule has 0 unspecified atom stereocenters. The van der Waals surface area contributed by atoms with Crippen LogP contribution in [-0.2, 0) is 11.3 Å². The summed E-state index contributed by atoms with van der Waals surface area (Å²) >= 11 is 0. The fourth-order valence-electron chi connectivity index (χ4n) is 3.63. The van der Waals surface area contributed by atoms with Crippen LogP contribution in [0.25, 0.3) is 0 Å². The molecule has 8 nitrogen and oxygen atoms in total. The quantitative estimate of drug-likeness (QED) is 0.758. The highest BCUT2D eigenvalue weighted by Crippen LogP contribution is 2.14. The Morgan fingerprint density at radius 2 is 1.71 bits per heavy atom. The van der Waals surface area contributed by atoms with E-state index in [1.807, 2.05) is 0 Å². The first-order valence-corrected chi connectivity index (χ1v) is 10.1. The largest absolute Gasteiger partial charge is 0.379 e. The minimum atomic E-state index is 0.718. The summed E-state index contributed by atoms with van der Waals surface area (Å²) < 4.78 is 5.39. The van der Waals surface area contributed by atoms with Gasteiger partial charge in [-0.1, -0.05) is 30.3 Å². The van der Waals surface area contributed by atoms with Crippen molar-refractivity contribution in [3.8, 4) is 0 Å². The Bertz CT molecular complexity index is 716. The van der Waals surface area contributed by atoms with Gasteiger partial charge in [0, 0.05) is 58.9 Å². The number of anilines is 2. The van der Waals surface area contributed by atoms with Crippen LogP contribution in [-0.4, -0.2) is 90.6 Å². The summed E-state index contributed by atoms with van der Waals surface area (Å²) in [6.07, 6.45) is 1.70. The highest BCUT2D eigenvalue weighted by atomic mass is 16.5. The summed E-state index contributed by atoms with van der Waals surface area (Å²) in [4.78, 5) is 11.8. The van der Waals surface area contributed by atoms with Gasteiger partial charge < -0.3 is 15.0 Å². The highest BCUT2D eigenvalue weighted by molar-refractivity contribution is 5.39. The van der Waals surface area contributed by atoms with Crippen LogP contribution in [0, 0.1) is 0 Å². The lowest BCUT2D eigenvalue weighted by Gasteiger charge is -2.34. The first-order chi connectivity index (χ1) is 13.9. The van der Waals surface area contributed by atoms with E-state index in [9.17, 15) is 0 Å². The van der Waals surface area contributed by atoms with Gasteiger partial charge >= 0.3 is 0 Å². The van der Waals surface area contributed by atoms with Crippen LogP contribution in [0.1, 0.15) is 5.56 Å². The second-order valence-corrected chi connectivity index (χ2v) is 7.27. The van der Waals surface area contributed by atoms with Gasteiger partial charge in [0.15, 0.2) is 5.82 Å². The van der Waals surface area contributed by atoms with E-state index in [4.69, 9.17) is 4.74 Å². The molecule has 2 aliphatic rings. The summed E-state index contributed by atoms with van der Waals surface area (Å²) in [7, 11) is 0. The van der Waals surface area contributed by atoms with Crippen LogP contribution in [0.4, 0.5) is 11.8 Å². The summed E-state index contributed by atoms with van der Waals surface area (Å²) in [6.45, 7) is 10.4. The van der Waals surface area contributed by atoms with E-state index in [-0.39, 0.29) is 0 Å². The number of nitrogens with zero attached hydrogens (tertiary/aromatic N) is 6. The van der Waals surface area contributed by atoms with Crippen LogP contribution in [0.3, 0.4) is 0 Å². The molecule has 0 amide bonds. The number of piperazine rings is 1. The summed E-state index contributed by atoms with van der Waals surface area (Å²) in [5.74, 6) is 1.51. The maximum atomic E-state index is 5.39. The molecule has 8 heteroatoms. The van der Waals surface area contributed by atoms with Gasteiger partial charge in [-0.2, -0.15) is 10.1 Å². The van der Waals surface area contributed by atoms with E-state index in [1.54, 1.807) is 6.20 Å². The van der Waals surface area contributed by atoms with Crippen LogP contribution in [0.5, 0.6) is 0 Å². The van der Waals surface area contributed by atoms with Gasteiger partial charge in [-0.05, 0) is 5.56 Å². The number of ether oxygens (including phenoxy) is 1. The Labute approximate surface area is 166 Å². The molecule has 0 saturated carbocycles. The van der Waals surface area contributed by atoms with E-state index < -0.39 is 0 Å². The molecule has 0 spiro atoms. The molecule has 1 aromatic carbocycles. The monoisotopic (exact) mass is 383 g/mol. The van der Waals surface area contributed by atoms with Gasteiger partial charge in [0.25, 0.3) is 0 Å². The molecule has 2 aromatic rings. The van der Waals surface area contributed by atoms with Crippen molar-refractivity contribution in [1.29, 1.82) is 0 Å². The van der Waals surface area contributed by atoms with Crippen LogP contribution < -0.4 is 10.2 Å². The fourth-order valence-corrected chi connectivity index (χ4v) is 3.63. The average molecular weight is 384 g/mol. The van der Waals surface area contributed by atoms with Crippen molar-refractivity contribution in [3.05, 3.63) is 42.1 Å². The minimum absolute atomic E-state index is 0.718. The molecular weight excluding hydrogens is 354 g/mol. The molecule has 1 aromatic heterocycles. The Hall–Kier alpha value is -2.29. The molecule has 0 radical (unpaired) electrons. The number of benzene rings is 1. The maximum Gasteiger partial charge on any atom is 0.247 e. The molecule has 2 fully saturated rings. The number of aromatic nitrogens is 3. The second kappa shape index (κ2) is 9.77. The van der Waals surface area contributed by atoms with Gasteiger partial charge in [-0.3, -0.25) is 9.80 Å². The van der Waals surface area contributed by atoms with Crippen molar-refractivity contribution in [2.75, 3.05) is 75.8 Å². The van der Waals surface area contributed by atoms with E-state index in [1.165, 1.54) is 5.56 Å². The molecule has 0 atom stereocenters. The Kier molecular flexibility index (Phi) is 6.64. The molecule has 28 heavy (non-hydrogen) atoms. The van der Waals surface area contributed by atoms with E-state index in [2.05, 4.69) is 65.5 Å². The summed E-state index contributed by atoms with van der Waals surface area (Å²) in [5.41, 5.74) is 1.36. The summed E-state index contributed by atoms with van der Waals surface area (Å²) in [6, 6.07) is 10.6. The average Bonchev–Trinajstić information content (AvgIpc) is 2.76. The van der Waals surface area contributed by atoms with Gasteiger partial charge in [0.05, 0.1) is 19.4 Å². The predicted octanol–water partition coefficient (Wildman–Crippen LogP) is 0.938. The van der Waals surface area contributed by atoms with E-state index in [0.29, 0.717) is 0 Å². The van der Waals surface area contributed by atoms with Crippen LogP contribution in [0.2, 0.25) is 0 Å². The molecule has 2 saturated heterocycles. The molecular formula is C20H29N7O. The number of nitrogens with one attached hydrogen (secondary N) is 1. The fraction of sp³-hybridized carbons (Fsp3) is 0.550. The standard InChI is InChI=1S/C20H29N7O/c1-2-4-18(5-3-1)17-26-8-10-27(11-9-26)20-23-19(16-22-24-20)21-6-7-25-12-14-28-15-13-25/h1-5,16H,6-15,17H2,(H,21,23,24). The Morgan fingerprint density at radius 3 is 2.50 bits per heavy atom. The normalized spacial score (nSPS) is 18.9. The van der Waals surface area contributed by atoms with Crippen molar-refractivity contribution in [2.45, 2.75) is 6.54 Å². The first kappa shape index (κ1) is 19.0. The zero-order valence-corrected chi connectivity index (χ0v) is 16.3. The van der Waals surface area contributed by atoms with E-state index in [0.717, 1.165) is 83.9 Å². The molecule has 1 N–H and O–H groups in total. The number of hydrogen-bond donors (Lipinski definition) is 1. The van der Waals surface area contributed by atoms with Crippen molar-refractivity contribution < 1.29 is 4.74 Å². The van der Waals surface area contributed by atoms with Crippen molar-refractivity contribution in [2.24, 2.45) is 0 Å². The summed E-state index contributed by atoms with van der Waals surface area (Å²) in [5, 5.41) is 11.8. The molecule has 3 heterocycles. The molecule has 2 aliphatic heterocycles. The van der Waals surface area contributed by atoms with Crippen molar-refractivity contribution in [1.82, 2.24) is 25.0 Å². The minimum Gasteiger partial charge on any atom is -0.379 e. The van der Waals surface area contributed by atoms with Crippen molar-refractivity contribution >= 4 is 11.8 Å². The number of rotatable bonds is 7. The lowest BCUT2D eigenvalue weighted by atomic mass is 10.2. The third kappa shape index (κ3) is 5.37. The van der Waals surface area contributed by atoms with Gasteiger partial charge in [-0.15, -0.1) is 5.10 Å². The second-order valence-electron chi connectivity index (χ2n) is 7.27. The van der Waals surface area contributed by atoms with Crippen molar-refractivity contribution in [3.63, 3.8) is 0 Å². The number of hydrogen-bond acceptors (Lipinski definition) is 8. The van der Waals surface area contributed by atoms with Crippen LogP contribution in [0.15, 0.2) is 36.5 Å². The molecule has 0 bridgehead atoms. The van der Waals surface area contributed by atoms with Gasteiger partial charge in [0.1, 0.15) is 0 Å². The Morgan fingerprint density at radius 1 is 0.929 bits per heavy atom. The maximum absolute atomic E-state index is 5.39. The molecule has 0 aliphatic carbocycles. The topological polar surface area (TPSA) is 69.7 Å². The third-order valence-electron chi connectivity index (χ3n) is 5.29. The Balaban J connectivity index is 1.24. The molecule has 4 rings (SSSR count). The predicted molar refractivity (Wildman–Crippen MR) is 110 cm³/mol. The lowest BCUT2D eigenvalue weighted by Crippen LogP contribution is -2.46. The van der Waals surface area contributed by atoms with Crippen LogP contribution >= 0.6 is 0 Å². The SMILES string of the molecule is c1ccc(CN2CCN(c3nncc(NCCN4CCOCC4)n3)CC2)cc1. The zero-order valence-electron chi connectivity index (χ0n) is 16.3. The van der Waals surface area contributed by atoms with Gasteiger partial charge in [0.2, 0.25) is 5.95 Å². The molecule has 150 valence electrons.